The van der Waals surface area contributed by atoms with Gasteiger partial charge in [-0.1, -0.05) is 6.08 Å². The first-order valence-corrected chi connectivity index (χ1v) is 7.02. The van der Waals surface area contributed by atoms with Crippen LogP contribution in [0, 0.1) is 5.92 Å². The van der Waals surface area contributed by atoms with Crippen LogP contribution in [0.15, 0.2) is 12.7 Å². The average molecular weight is 251 g/mol. The number of nitrogens with one attached hydrogen (secondary N) is 1. The summed E-state index contributed by atoms with van der Waals surface area (Å²) in [7, 11) is 2.08. The summed E-state index contributed by atoms with van der Waals surface area (Å²) in [5.41, 5.74) is 0. The van der Waals surface area contributed by atoms with E-state index in [-0.39, 0.29) is 5.91 Å². The van der Waals surface area contributed by atoms with Crippen LogP contribution in [0.3, 0.4) is 0 Å². The zero-order chi connectivity index (χ0) is 13.0. The zero-order valence-corrected chi connectivity index (χ0v) is 11.4. The minimum absolute atomic E-state index is 0.278. The molecule has 2 aliphatic heterocycles. The molecule has 0 aromatic rings. The molecule has 4 heteroatoms. The van der Waals surface area contributed by atoms with Crippen LogP contribution >= 0.6 is 0 Å². The Morgan fingerprint density at radius 1 is 1.44 bits per heavy atom. The molecule has 0 aliphatic carbocycles. The van der Waals surface area contributed by atoms with Crippen LogP contribution in [0.4, 0.5) is 0 Å². The number of likely N-dealkylation sites (N-methyl/N-ethyl adjacent to an activating group) is 1. The fourth-order valence-electron chi connectivity index (χ4n) is 2.90. The maximum Gasteiger partial charge on any atom is 0.236 e. The maximum absolute atomic E-state index is 12.2. The molecule has 102 valence electrons. The first-order valence-electron chi connectivity index (χ1n) is 7.02. The van der Waals surface area contributed by atoms with Crippen LogP contribution in [-0.2, 0) is 4.79 Å². The number of hydrogen-bond donors (Lipinski definition) is 1. The zero-order valence-electron chi connectivity index (χ0n) is 11.4. The first kappa shape index (κ1) is 13.6. The molecule has 0 aromatic heterocycles. The van der Waals surface area contributed by atoms with Crippen molar-refractivity contribution < 1.29 is 4.79 Å². The van der Waals surface area contributed by atoms with Gasteiger partial charge in [0.2, 0.25) is 5.91 Å². The Balaban J connectivity index is 1.78. The second-order valence-corrected chi connectivity index (χ2v) is 5.52. The summed E-state index contributed by atoms with van der Waals surface area (Å²) in [6.45, 7) is 8.29. The molecular formula is C14H25N3O. The highest BCUT2D eigenvalue weighted by atomic mass is 16.2. The molecule has 1 N–H and O–H groups in total. The molecule has 2 saturated heterocycles. The van der Waals surface area contributed by atoms with E-state index in [9.17, 15) is 4.79 Å². The van der Waals surface area contributed by atoms with Crippen LogP contribution in [0.2, 0.25) is 0 Å². The van der Waals surface area contributed by atoms with Gasteiger partial charge < -0.3 is 10.2 Å². The monoisotopic (exact) mass is 251 g/mol. The summed E-state index contributed by atoms with van der Waals surface area (Å²) in [5, 5.41) is 3.36. The molecule has 18 heavy (non-hydrogen) atoms. The van der Waals surface area contributed by atoms with Gasteiger partial charge in [-0.05, 0) is 45.3 Å². The molecule has 0 aromatic carbocycles. The van der Waals surface area contributed by atoms with Crippen molar-refractivity contribution in [1.82, 2.24) is 15.1 Å². The van der Waals surface area contributed by atoms with E-state index in [2.05, 4.69) is 23.8 Å². The lowest BCUT2D eigenvalue weighted by Crippen LogP contribution is -2.46. The number of likely N-dealkylation sites (tertiary alicyclic amines) is 1. The van der Waals surface area contributed by atoms with Gasteiger partial charge in [0.05, 0.1) is 6.54 Å². The van der Waals surface area contributed by atoms with Gasteiger partial charge in [-0.3, -0.25) is 9.69 Å². The summed E-state index contributed by atoms with van der Waals surface area (Å²) in [6, 6.07) is 0.563. The van der Waals surface area contributed by atoms with E-state index in [4.69, 9.17) is 0 Å². The third-order valence-electron chi connectivity index (χ3n) is 4.23. The smallest absolute Gasteiger partial charge is 0.236 e. The van der Waals surface area contributed by atoms with Crippen LogP contribution in [-0.4, -0.2) is 61.5 Å². The number of piperidine rings is 1. The largest absolute Gasteiger partial charge is 0.341 e. The SMILES string of the molecule is C=C[C@H]1CCN(C(=O)CN(C)C2CCNCC2)C1. The van der Waals surface area contributed by atoms with Crippen LogP contribution in [0.5, 0.6) is 0 Å². The van der Waals surface area contributed by atoms with Crippen molar-refractivity contribution in [2.45, 2.75) is 25.3 Å². The molecule has 0 saturated carbocycles. The summed E-state index contributed by atoms with van der Waals surface area (Å²) in [4.78, 5) is 16.4. The minimum Gasteiger partial charge on any atom is -0.341 e. The van der Waals surface area contributed by atoms with E-state index < -0.39 is 0 Å². The third kappa shape index (κ3) is 3.33. The number of amides is 1. The van der Waals surface area contributed by atoms with E-state index in [0.29, 0.717) is 18.5 Å². The second-order valence-electron chi connectivity index (χ2n) is 5.52. The third-order valence-corrected chi connectivity index (χ3v) is 4.23. The summed E-state index contributed by atoms with van der Waals surface area (Å²) < 4.78 is 0. The van der Waals surface area contributed by atoms with Crippen molar-refractivity contribution in [1.29, 1.82) is 0 Å². The van der Waals surface area contributed by atoms with Gasteiger partial charge in [-0.2, -0.15) is 0 Å². The Morgan fingerprint density at radius 2 is 2.17 bits per heavy atom. The first-order chi connectivity index (χ1) is 8.70. The topological polar surface area (TPSA) is 35.6 Å². The van der Waals surface area contributed by atoms with Crippen molar-refractivity contribution in [2.75, 3.05) is 39.8 Å². The molecule has 0 unspecified atom stereocenters. The van der Waals surface area contributed by atoms with E-state index in [1.807, 2.05) is 11.0 Å². The van der Waals surface area contributed by atoms with Crippen molar-refractivity contribution in [2.24, 2.45) is 5.92 Å². The predicted molar refractivity (Wildman–Crippen MR) is 73.4 cm³/mol. The number of rotatable bonds is 4. The normalized spacial score (nSPS) is 25.7. The molecule has 2 aliphatic rings. The van der Waals surface area contributed by atoms with Crippen molar-refractivity contribution in [3.8, 4) is 0 Å². The molecule has 2 heterocycles. The molecule has 2 rings (SSSR count). The fraction of sp³-hybridized carbons (Fsp3) is 0.786. The van der Waals surface area contributed by atoms with Crippen molar-refractivity contribution in [3.63, 3.8) is 0 Å². The lowest BCUT2D eigenvalue weighted by molar-refractivity contribution is -0.131. The predicted octanol–water partition coefficient (Wildman–Crippen LogP) is 0.705. The number of carbonyl (C=O) groups excluding carboxylic acids is 1. The summed E-state index contributed by atoms with van der Waals surface area (Å²) in [6.07, 6.45) is 5.36. The highest BCUT2D eigenvalue weighted by Crippen LogP contribution is 2.17. The lowest BCUT2D eigenvalue weighted by atomic mass is 10.1. The van der Waals surface area contributed by atoms with Crippen LogP contribution in [0.1, 0.15) is 19.3 Å². The number of carbonyl (C=O) groups is 1. The molecule has 0 spiro atoms. The Morgan fingerprint density at radius 3 is 2.78 bits per heavy atom. The molecule has 0 radical (unpaired) electrons. The van der Waals surface area contributed by atoms with Gasteiger partial charge >= 0.3 is 0 Å². The van der Waals surface area contributed by atoms with Gasteiger partial charge in [0.25, 0.3) is 0 Å². The minimum atomic E-state index is 0.278. The molecular weight excluding hydrogens is 226 g/mol. The molecule has 2 fully saturated rings. The second kappa shape index (κ2) is 6.34. The molecule has 0 bridgehead atoms. The highest BCUT2D eigenvalue weighted by Gasteiger charge is 2.26. The van der Waals surface area contributed by atoms with Gasteiger partial charge in [0.1, 0.15) is 0 Å². The van der Waals surface area contributed by atoms with Gasteiger partial charge in [-0.25, -0.2) is 0 Å². The van der Waals surface area contributed by atoms with Crippen LogP contribution in [0.25, 0.3) is 0 Å². The van der Waals surface area contributed by atoms with Crippen molar-refractivity contribution in [3.05, 3.63) is 12.7 Å². The summed E-state index contributed by atoms with van der Waals surface area (Å²) >= 11 is 0. The van der Waals surface area contributed by atoms with E-state index in [1.54, 1.807) is 0 Å². The van der Waals surface area contributed by atoms with E-state index >= 15 is 0 Å². The Bertz CT molecular complexity index is 299. The quantitative estimate of drug-likeness (QED) is 0.747. The maximum atomic E-state index is 12.2. The molecule has 1 atom stereocenters. The molecule has 4 nitrogen and oxygen atoms in total. The highest BCUT2D eigenvalue weighted by molar-refractivity contribution is 5.78. The van der Waals surface area contributed by atoms with E-state index in [1.165, 1.54) is 0 Å². The molecule has 1 amide bonds. The van der Waals surface area contributed by atoms with Gasteiger partial charge in [0, 0.05) is 19.1 Å². The Labute approximate surface area is 110 Å². The summed E-state index contributed by atoms with van der Waals surface area (Å²) in [5.74, 6) is 0.776. The van der Waals surface area contributed by atoms with Crippen LogP contribution < -0.4 is 5.32 Å². The Kier molecular flexibility index (Phi) is 4.78. The van der Waals surface area contributed by atoms with Gasteiger partial charge in [-0.15, -0.1) is 6.58 Å². The Hall–Kier alpha value is -0.870. The number of hydrogen-bond acceptors (Lipinski definition) is 3. The number of nitrogens with zero attached hydrogens (tertiary/aromatic N) is 2. The standard InChI is InChI=1S/C14H25N3O/c1-3-12-6-9-17(10-12)14(18)11-16(2)13-4-7-15-8-5-13/h3,12-13,15H,1,4-11H2,2H3/t12-/m0/s1. The van der Waals surface area contributed by atoms with E-state index in [0.717, 1.165) is 45.4 Å². The van der Waals surface area contributed by atoms with Crippen molar-refractivity contribution >= 4 is 5.91 Å². The van der Waals surface area contributed by atoms with Gasteiger partial charge in [0.15, 0.2) is 0 Å². The average Bonchev–Trinajstić information content (AvgIpc) is 2.88. The lowest BCUT2D eigenvalue weighted by Gasteiger charge is -2.32. The fourth-order valence-corrected chi connectivity index (χ4v) is 2.90.